The summed E-state index contributed by atoms with van der Waals surface area (Å²) in [7, 11) is 0. The van der Waals surface area contributed by atoms with Gasteiger partial charge >= 0.3 is 23.9 Å². The zero-order chi connectivity index (χ0) is 21.4. The monoisotopic (exact) mass is 405 g/mol. The third kappa shape index (κ3) is 7.48. The number of amides is 1. The van der Waals surface area contributed by atoms with Crippen LogP contribution in [-0.4, -0.2) is 78.7 Å². The van der Waals surface area contributed by atoms with Gasteiger partial charge in [0.15, 0.2) is 18.5 Å². The van der Waals surface area contributed by atoms with Gasteiger partial charge in [-0.05, 0) is 0 Å². The first-order valence-corrected chi connectivity index (χ1v) is 8.25. The van der Waals surface area contributed by atoms with Gasteiger partial charge in [0.25, 0.3) is 0 Å². The quantitative estimate of drug-likeness (QED) is 0.366. The molecule has 158 valence electrons. The van der Waals surface area contributed by atoms with E-state index in [-0.39, 0.29) is 0 Å². The van der Waals surface area contributed by atoms with Crippen LogP contribution in [-0.2, 0) is 47.7 Å². The van der Waals surface area contributed by atoms with E-state index in [1.807, 2.05) is 0 Å². The van der Waals surface area contributed by atoms with Crippen LogP contribution >= 0.6 is 0 Å². The molecule has 1 saturated heterocycles. The van der Waals surface area contributed by atoms with Crippen molar-refractivity contribution in [3.05, 3.63) is 0 Å². The van der Waals surface area contributed by atoms with Gasteiger partial charge in [-0.1, -0.05) is 0 Å². The highest BCUT2D eigenvalue weighted by atomic mass is 16.7. The second kappa shape index (κ2) is 10.6. The molecule has 1 aliphatic heterocycles. The number of hydrogen-bond acceptors (Lipinski definition) is 10. The second-order valence-electron chi connectivity index (χ2n) is 5.92. The molecular weight excluding hydrogens is 382 g/mol. The molecule has 0 unspecified atom stereocenters. The van der Waals surface area contributed by atoms with Crippen molar-refractivity contribution in [1.82, 2.24) is 5.32 Å². The fourth-order valence-corrected chi connectivity index (χ4v) is 2.59. The van der Waals surface area contributed by atoms with Crippen molar-refractivity contribution in [2.75, 3.05) is 13.2 Å². The Balaban J connectivity index is 3.26. The Morgan fingerprint density at radius 1 is 0.929 bits per heavy atom. The summed E-state index contributed by atoms with van der Waals surface area (Å²) in [5.74, 6) is -4.03. The lowest BCUT2D eigenvalue weighted by atomic mass is 9.96. The highest BCUT2D eigenvalue weighted by Gasteiger charge is 2.51. The lowest BCUT2D eigenvalue weighted by Gasteiger charge is -2.44. The van der Waals surface area contributed by atoms with E-state index in [1.165, 1.54) is 6.92 Å². The highest BCUT2D eigenvalue weighted by molar-refractivity contribution is 5.74. The molecule has 5 atom stereocenters. The summed E-state index contributed by atoms with van der Waals surface area (Å²) < 4.78 is 26.0. The smallest absolute Gasteiger partial charge is 0.329 e. The molecule has 0 radical (unpaired) electrons. The van der Waals surface area contributed by atoms with Gasteiger partial charge in [-0.2, -0.15) is 0 Å². The van der Waals surface area contributed by atoms with E-state index in [9.17, 15) is 24.0 Å². The summed E-state index contributed by atoms with van der Waals surface area (Å²) in [6, 6.07) is -1.20. The van der Waals surface area contributed by atoms with Crippen molar-refractivity contribution in [2.24, 2.45) is 0 Å². The molecule has 1 amide bonds. The first-order valence-electron chi connectivity index (χ1n) is 8.25. The van der Waals surface area contributed by atoms with Crippen LogP contribution in [0.4, 0.5) is 0 Å². The summed E-state index contributed by atoms with van der Waals surface area (Å²) in [5, 5.41) is 11.3. The predicted molar refractivity (Wildman–Crippen MR) is 87.6 cm³/mol. The number of carbonyl (C=O) groups excluding carboxylic acids is 4. The van der Waals surface area contributed by atoms with Gasteiger partial charge in [0.1, 0.15) is 25.4 Å². The fraction of sp³-hybridized carbons (Fsp3) is 0.688. The number of carboxylic acid groups (broad SMARTS) is 1. The molecule has 0 bridgehead atoms. The fourth-order valence-electron chi connectivity index (χ4n) is 2.59. The van der Waals surface area contributed by atoms with Crippen LogP contribution < -0.4 is 5.32 Å². The minimum absolute atomic E-state index is 0.398. The SMILES string of the molecule is CC(=O)N[C@@H]1[C@H](OCC(=O)O)O[C@H](COC(C)=O)[C@@H](OC(C)=O)[C@@H]1OC(C)=O. The van der Waals surface area contributed by atoms with Gasteiger partial charge < -0.3 is 34.1 Å². The number of carboxylic acids is 1. The van der Waals surface area contributed by atoms with E-state index in [0.29, 0.717) is 0 Å². The molecule has 0 spiro atoms. The van der Waals surface area contributed by atoms with Gasteiger partial charge in [-0.15, -0.1) is 0 Å². The van der Waals surface area contributed by atoms with Crippen LogP contribution in [0.3, 0.4) is 0 Å². The van der Waals surface area contributed by atoms with Crippen molar-refractivity contribution in [3.8, 4) is 0 Å². The van der Waals surface area contributed by atoms with Crippen molar-refractivity contribution in [1.29, 1.82) is 0 Å². The van der Waals surface area contributed by atoms with Gasteiger partial charge in [0.2, 0.25) is 5.91 Å². The molecule has 1 heterocycles. The Kier molecular flexibility index (Phi) is 8.79. The molecule has 1 fully saturated rings. The minimum atomic E-state index is -1.39. The average molecular weight is 405 g/mol. The van der Waals surface area contributed by atoms with E-state index >= 15 is 0 Å². The number of hydrogen-bond donors (Lipinski definition) is 2. The molecule has 12 nitrogen and oxygen atoms in total. The van der Waals surface area contributed by atoms with E-state index in [2.05, 4.69) is 5.32 Å². The predicted octanol–water partition coefficient (Wildman–Crippen LogP) is -1.26. The third-order valence-corrected chi connectivity index (χ3v) is 3.44. The molecule has 0 saturated carbocycles. The molecule has 0 aromatic carbocycles. The minimum Gasteiger partial charge on any atom is -0.480 e. The summed E-state index contributed by atoms with van der Waals surface area (Å²) in [5.41, 5.74) is 0. The van der Waals surface area contributed by atoms with Crippen LogP contribution in [0.2, 0.25) is 0 Å². The van der Waals surface area contributed by atoms with Crippen LogP contribution in [0.25, 0.3) is 0 Å². The Hall–Kier alpha value is -2.73. The number of aliphatic carboxylic acids is 1. The van der Waals surface area contributed by atoms with Crippen molar-refractivity contribution < 1.29 is 52.8 Å². The van der Waals surface area contributed by atoms with Crippen molar-refractivity contribution in [3.63, 3.8) is 0 Å². The molecule has 0 aliphatic carbocycles. The van der Waals surface area contributed by atoms with Gasteiger partial charge in [-0.3, -0.25) is 19.2 Å². The highest BCUT2D eigenvalue weighted by Crippen LogP contribution is 2.27. The number of rotatable bonds is 8. The van der Waals surface area contributed by atoms with E-state index < -0.39 is 73.6 Å². The topological polar surface area (TPSA) is 164 Å². The lowest BCUT2D eigenvalue weighted by Crippen LogP contribution is -2.66. The maximum atomic E-state index is 11.6. The summed E-state index contributed by atoms with van der Waals surface area (Å²) in [4.78, 5) is 56.7. The van der Waals surface area contributed by atoms with Crippen molar-refractivity contribution >= 4 is 29.8 Å². The maximum Gasteiger partial charge on any atom is 0.329 e. The van der Waals surface area contributed by atoms with Gasteiger partial charge in [-0.25, -0.2) is 4.79 Å². The van der Waals surface area contributed by atoms with Gasteiger partial charge in [0, 0.05) is 27.7 Å². The molecule has 1 rings (SSSR count). The first-order chi connectivity index (χ1) is 13.0. The molecular formula is C16H23NO11. The molecule has 28 heavy (non-hydrogen) atoms. The Bertz CT molecular complexity index is 576. The lowest BCUT2D eigenvalue weighted by molar-refractivity contribution is -0.277. The maximum absolute atomic E-state index is 11.6. The summed E-state index contributed by atoms with van der Waals surface area (Å²) in [6.45, 7) is 3.33. The zero-order valence-electron chi connectivity index (χ0n) is 15.8. The zero-order valence-corrected chi connectivity index (χ0v) is 15.8. The van der Waals surface area contributed by atoms with E-state index in [1.54, 1.807) is 0 Å². The molecule has 12 heteroatoms. The largest absolute Gasteiger partial charge is 0.480 e. The van der Waals surface area contributed by atoms with Crippen LogP contribution in [0.1, 0.15) is 27.7 Å². The van der Waals surface area contributed by atoms with Crippen molar-refractivity contribution in [2.45, 2.75) is 58.3 Å². The normalized spacial score (nSPS) is 26.6. The third-order valence-electron chi connectivity index (χ3n) is 3.44. The number of ether oxygens (including phenoxy) is 5. The van der Waals surface area contributed by atoms with E-state index in [4.69, 9.17) is 28.8 Å². The van der Waals surface area contributed by atoms with E-state index in [0.717, 1.165) is 20.8 Å². The summed E-state index contributed by atoms with van der Waals surface area (Å²) >= 11 is 0. The van der Waals surface area contributed by atoms with Crippen LogP contribution in [0, 0.1) is 0 Å². The first kappa shape index (κ1) is 23.3. The van der Waals surface area contributed by atoms with Crippen LogP contribution in [0.5, 0.6) is 0 Å². The second-order valence-corrected chi connectivity index (χ2v) is 5.92. The molecule has 0 aromatic rings. The average Bonchev–Trinajstić information content (AvgIpc) is 2.54. The number of esters is 3. The Morgan fingerprint density at radius 2 is 1.50 bits per heavy atom. The molecule has 1 aliphatic rings. The Labute approximate surface area is 160 Å². The number of nitrogens with one attached hydrogen (secondary N) is 1. The molecule has 0 aromatic heterocycles. The summed E-state index contributed by atoms with van der Waals surface area (Å²) in [6.07, 6.45) is -5.10. The van der Waals surface area contributed by atoms with Gasteiger partial charge in [0.05, 0.1) is 0 Å². The Morgan fingerprint density at radius 3 is 1.96 bits per heavy atom. The van der Waals surface area contributed by atoms with Crippen LogP contribution in [0.15, 0.2) is 0 Å². The number of carbonyl (C=O) groups is 5. The standard InChI is InChI=1S/C16H23NO11/c1-7(18)17-13-15(27-10(4)21)14(26-9(3)20)11(5-24-8(2)19)28-16(13)25-6-12(22)23/h11,13-16H,5-6H2,1-4H3,(H,17,18)(H,22,23)/t11-,13+,14-,15-,16-/m1/s1. The molecule has 2 N–H and O–H groups in total.